The highest BCUT2D eigenvalue weighted by Crippen LogP contribution is 2.36. The van der Waals surface area contributed by atoms with Crippen LogP contribution in [0.5, 0.6) is 0 Å². The molecule has 140 valence electrons. The van der Waals surface area contributed by atoms with Crippen molar-refractivity contribution in [2.75, 3.05) is 31.6 Å². The third-order valence-corrected chi connectivity index (χ3v) is 5.49. The van der Waals surface area contributed by atoms with Gasteiger partial charge in [-0.25, -0.2) is 0 Å². The lowest BCUT2D eigenvalue weighted by Gasteiger charge is -2.26. The first-order valence-corrected chi connectivity index (χ1v) is 9.72. The number of benzene rings is 3. The van der Waals surface area contributed by atoms with Gasteiger partial charge in [-0.3, -0.25) is 9.69 Å². The molecule has 1 fully saturated rings. The molecule has 4 nitrogen and oxygen atoms in total. The molecule has 0 saturated carbocycles. The van der Waals surface area contributed by atoms with Crippen molar-refractivity contribution in [3.05, 3.63) is 77.4 Å². The van der Waals surface area contributed by atoms with Crippen LogP contribution in [0.25, 0.3) is 22.4 Å². The van der Waals surface area contributed by atoms with Crippen LogP contribution in [0.1, 0.15) is 16.7 Å². The molecule has 1 aliphatic heterocycles. The molecule has 5 rings (SSSR count). The highest BCUT2D eigenvalue weighted by atomic mass is 16.5. The molecule has 3 aromatic carbocycles. The van der Waals surface area contributed by atoms with E-state index in [-0.39, 0.29) is 5.91 Å². The van der Waals surface area contributed by atoms with Crippen molar-refractivity contribution in [1.29, 1.82) is 0 Å². The Balaban J connectivity index is 1.31. The summed E-state index contributed by atoms with van der Waals surface area (Å²) in [5, 5.41) is 5.38. The molecule has 1 aliphatic carbocycles. The summed E-state index contributed by atoms with van der Waals surface area (Å²) in [5.41, 5.74) is 4.91. The van der Waals surface area contributed by atoms with Gasteiger partial charge < -0.3 is 10.1 Å². The zero-order valence-corrected chi connectivity index (χ0v) is 15.7. The Hall–Kier alpha value is -2.95. The second kappa shape index (κ2) is 7.23. The smallest absolute Gasteiger partial charge is 0.256 e. The average Bonchev–Trinajstić information content (AvgIpc) is 3.11. The van der Waals surface area contributed by atoms with Gasteiger partial charge in [0.15, 0.2) is 0 Å². The van der Waals surface area contributed by atoms with Crippen molar-refractivity contribution >= 4 is 34.0 Å². The van der Waals surface area contributed by atoms with Crippen LogP contribution in [-0.4, -0.2) is 37.1 Å². The van der Waals surface area contributed by atoms with Crippen molar-refractivity contribution in [3.63, 3.8) is 0 Å². The van der Waals surface area contributed by atoms with Gasteiger partial charge in [0.2, 0.25) is 0 Å². The number of rotatable bonds is 4. The van der Waals surface area contributed by atoms with Gasteiger partial charge in [-0.15, -0.1) is 0 Å². The standard InChI is InChI=1S/C24H22N2O2/c27-24(22-15-19-5-1-3-18-4-2-6-21(22)23(18)19)25-20-9-7-17(8-10-20)16-26-11-13-28-14-12-26/h1-10,15H,11-14,16H2,(H,25,27). The summed E-state index contributed by atoms with van der Waals surface area (Å²) < 4.78 is 5.40. The lowest BCUT2D eigenvalue weighted by atomic mass is 10.0. The summed E-state index contributed by atoms with van der Waals surface area (Å²) in [5.74, 6) is -0.0652. The number of amides is 1. The molecule has 3 aromatic rings. The molecule has 1 amide bonds. The largest absolute Gasteiger partial charge is 0.379 e. The topological polar surface area (TPSA) is 41.6 Å². The molecule has 28 heavy (non-hydrogen) atoms. The Morgan fingerprint density at radius 1 is 0.964 bits per heavy atom. The van der Waals surface area contributed by atoms with Gasteiger partial charge in [0.05, 0.1) is 13.2 Å². The molecule has 1 N–H and O–H groups in total. The van der Waals surface area contributed by atoms with Gasteiger partial charge in [-0.2, -0.15) is 0 Å². The molecule has 0 radical (unpaired) electrons. The number of morpholine rings is 1. The number of hydrogen-bond acceptors (Lipinski definition) is 3. The van der Waals surface area contributed by atoms with Crippen molar-refractivity contribution in [2.45, 2.75) is 6.54 Å². The number of hydrogen-bond donors (Lipinski definition) is 1. The lowest BCUT2D eigenvalue weighted by Crippen LogP contribution is -2.35. The number of carbonyl (C=O) groups excluding carboxylic acids is 1. The highest BCUT2D eigenvalue weighted by molar-refractivity contribution is 6.34. The quantitative estimate of drug-likeness (QED) is 0.750. The van der Waals surface area contributed by atoms with Gasteiger partial charge in [0.1, 0.15) is 0 Å². The van der Waals surface area contributed by atoms with Crippen LogP contribution in [0, 0.1) is 0 Å². The van der Waals surface area contributed by atoms with Crippen LogP contribution in [0.15, 0.2) is 60.7 Å². The molecule has 0 atom stereocenters. The Bertz CT molecular complexity index is 1060. The number of carbonyl (C=O) groups is 1. The summed E-state index contributed by atoms with van der Waals surface area (Å²) in [6, 6.07) is 20.4. The lowest BCUT2D eigenvalue weighted by molar-refractivity contribution is -0.111. The van der Waals surface area contributed by atoms with Gasteiger partial charge in [0, 0.05) is 30.9 Å². The third kappa shape index (κ3) is 3.21. The van der Waals surface area contributed by atoms with Crippen LogP contribution >= 0.6 is 0 Å². The molecule has 0 spiro atoms. The van der Waals surface area contributed by atoms with Crippen molar-refractivity contribution in [1.82, 2.24) is 4.90 Å². The molecule has 0 aromatic heterocycles. The first kappa shape index (κ1) is 17.2. The molecule has 1 saturated heterocycles. The molecule has 0 bridgehead atoms. The summed E-state index contributed by atoms with van der Waals surface area (Å²) in [6.07, 6.45) is 1.99. The van der Waals surface area contributed by atoms with Crippen LogP contribution in [0.2, 0.25) is 0 Å². The zero-order valence-electron chi connectivity index (χ0n) is 15.7. The minimum Gasteiger partial charge on any atom is -0.379 e. The van der Waals surface area contributed by atoms with E-state index in [9.17, 15) is 4.79 Å². The monoisotopic (exact) mass is 370 g/mol. The fraction of sp³-hybridized carbons (Fsp3) is 0.208. The number of anilines is 1. The molecule has 0 unspecified atom stereocenters. The molecular formula is C24H22N2O2. The van der Waals surface area contributed by atoms with E-state index in [1.165, 1.54) is 10.9 Å². The minimum atomic E-state index is -0.0652. The van der Waals surface area contributed by atoms with Crippen molar-refractivity contribution in [3.8, 4) is 0 Å². The maximum atomic E-state index is 12.9. The van der Waals surface area contributed by atoms with Crippen LogP contribution in [-0.2, 0) is 16.1 Å². The zero-order chi connectivity index (χ0) is 18.9. The van der Waals surface area contributed by atoms with E-state index in [1.54, 1.807) is 0 Å². The van der Waals surface area contributed by atoms with Gasteiger partial charge in [0.25, 0.3) is 5.91 Å². The molecule has 2 aliphatic rings. The van der Waals surface area contributed by atoms with E-state index in [0.29, 0.717) is 0 Å². The number of nitrogens with zero attached hydrogens (tertiary/aromatic N) is 1. The van der Waals surface area contributed by atoms with E-state index in [1.807, 2.05) is 36.4 Å². The minimum absolute atomic E-state index is 0.0652. The van der Waals surface area contributed by atoms with E-state index >= 15 is 0 Å². The summed E-state index contributed by atoms with van der Waals surface area (Å²) in [6.45, 7) is 4.47. The van der Waals surface area contributed by atoms with Crippen LogP contribution in [0.4, 0.5) is 5.69 Å². The van der Waals surface area contributed by atoms with E-state index in [0.717, 1.165) is 60.6 Å². The van der Waals surface area contributed by atoms with Crippen LogP contribution < -0.4 is 5.32 Å². The van der Waals surface area contributed by atoms with Gasteiger partial charge in [-0.1, -0.05) is 48.5 Å². The first-order valence-electron chi connectivity index (χ1n) is 9.72. The van der Waals surface area contributed by atoms with E-state index in [2.05, 4.69) is 40.5 Å². The van der Waals surface area contributed by atoms with E-state index < -0.39 is 0 Å². The average molecular weight is 370 g/mol. The highest BCUT2D eigenvalue weighted by Gasteiger charge is 2.21. The Labute approximate surface area is 164 Å². The summed E-state index contributed by atoms with van der Waals surface area (Å²) in [4.78, 5) is 15.3. The normalized spacial score (nSPS) is 16.2. The van der Waals surface area contributed by atoms with E-state index in [4.69, 9.17) is 4.74 Å². The SMILES string of the molecule is O=C(Nc1ccc(CN2CCOCC2)cc1)C1=Cc2cccc3cccc1c23. The molecule has 4 heteroatoms. The van der Waals surface area contributed by atoms with Crippen molar-refractivity contribution in [2.24, 2.45) is 0 Å². The second-order valence-corrected chi connectivity index (χ2v) is 7.35. The fourth-order valence-corrected chi connectivity index (χ4v) is 4.05. The maximum absolute atomic E-state index is 12.9. The summed E-state index contributed by atoms with van der Waals surface area (Å²) >= 11 is 0. The van der Waals surface area contributed by atoms with Gasteiger partial charge in [-0.05, 0) is 45.7 Å². The summed E-state index contributed by atoms with van der Waals surface area (Å²) in [7, 11) is 0. The Morgan fingerprint density at radius 3 is 2.50 bits per heavy atom. The second-order valence-electron chi connectivity index (χ2n) is 7.35. The van der Waals surface area contributed by atoms with Crippen LogP contribution in [0.3, 0.4) is 0 Å². The first-order chi connectivity index (χ1) is 13.8. The predicted molar refractivity (Wildman–Crippen MR) is 113 cm³/mol. The number of ether oxygens (including phenoxy) is 1. The van der Waals surface area contributed by atoms with Gasteiger partial charge >= 0.3 is 0 Å². The van der Waals surface area contributed by atoms with Crippen molar-refractivity contribution < 1.29 is 9.53 Å². The Kier molecular flexibility index (Phi) is 4.43. The predicted octanol–water partition coefficient (Wildman–Crippen LogP) is 4.16. The molecule has 1 heterocycles. The molecular weight excluding hydrogens is 348 g/mol. The Morgan fingerprint density at radius 2 is 1.71 bits per heavy atom. The number of nitrogens with one attached hydrogen (secondary N) is 1. The maximum Gasteiger partial charge on any atom is 0.256 e. The fourth-order valence-electron chi connectivity index (χ4n) is 4.05. The third-order valence-electron chi connectivity index (χ3n) is 5.49.